The molecule has 0 aromatic rings. The summed E-state index contributed by atoms with van der Waals surface area (Å²) in [5.74, 6) is 0.648. The molecule has 2 aliphatic carbocycles. The third kappa shape index (κ3) is 1.60. The van der Waals surface area contributed by atoms with Gasteiger partial charge in [-0.1, -0.05) is 43.2 Å². The van der Waals surface area contributed by atoms with Gasteiger partial charge in [-0.3, -0.25) is 4.79 Å². The highest BCUT2D eigenvalue weighted by molar-refractivity contribution is 5.95. The maximum Gasteiger partial charge on any atom is 0.162 e. The molecule has 2 unspecified atom stereocenters. The molecule has 0 amide bonds. The second-order valence-electron chi connectivity index (χ2n) is 5.31. The third-order valence-electron chi connectivity index (χ3n) is 3.73. The van der Waals surface area contributed by atoms with Crippen LogP contribution in [0.25, 0.3) is 0 Å². The van der Waals surface area contributed by atoms with E-state index in [1.165, 1.54) is 11.1 Å². The number of allylic oxidation sites excluding steroid dienone is 6. The molecular formula is C14H18O. The number of rotatable bonds is 0. The Hall–Kier alpha value is -1.11. The van der Waals surface area contributed by atoms with Gasteiger partial charge >= 0.3 is 0 Å². The van der Waals surface area contributed by atoms with Crippen LogP contribution in [0.3, 0.4) is 0 Å². The van der Waals surface area contributed by atoms with Gasteiger partial charge in [0.05, 0.1) is 0 Å². The van der Waals surface area contributed by atoms with Gasteiger partial charge in [0, 0.05) is 5.92 Å². The van der Waals surface area contributed by atoms with Crippen LogP contribution in [0.5, 0.6) is 0 Å². The van der Waals surface area contributed by atoms with E-state index in [1.807, 2.05) is 0 Å². The SMILES string of the molecule is CC1=CC2C(=O)C=CC(C)(C)C2C=C1C. The molecule has 0 fully saturated rings. The van der Waals surface area contributed by atoms with Gasteiger partial charge in [-0.2, -0.15) is 0 Å². The van der Waals surface area contributed by atoms with E-state index >= 15 is 0 Å². The molecule has 0 radical (unpaired) electrons. The fourth-order valence-corrected chi connectivity index (χ4v) is 2.46. The normalized spacial score (nSPS) is 33.2. The van der Waals surface area contributed by atoms with E-state index in [2.05, 4.69) is 45.9 Å². The summed E-state index contributed by atoms with van der Waals surface area (Å²) in [7, 11) is 0. The first kappa shape index (κ1) is 10.4. The Morgan fingerprint density at radius 1 is 1.13 bits per heavy atom. The van der Waals surface area contributed by atoms with Crippen molar-refractivity contribution in [3.63, 3.8) is 0 Å². The molecule has 0 saturated carbocycles. The summed E-state index contributed by atoms with van der Waals surface area (Å²) in [5.41, 5.74) is 2.65. The number of carbonyl (C=O) groups excluding carboxylic acids is 1. The van der Waals surface area contributed by atoms with Crippen LogP contribution in [0, 0.1) is 17.3 Å². The molecule has 2 atom stereocenters. The Kier molecular flexibility index (Phi) is 2.22. The predicted octanol–water partition coefficient (Wildman–Crippen LogP) is 3.29. The second kappa shape index (κ2) is 3.19. The van der Waals surface area contributed by atoms with Crippen molar-refractivity contribution in [3.05, 3.63) is 35.5 Å². The fourth-order valence-electron chi connectivity index (χ4n) is 2.46. The highest BCUT2D eigenvalue weighted by Gasteiger charge is 2.39. The average molecular weight is 202 g/mol. The van der Waals surface area contributed by atoms with E-state index in [1.54, 1.807) is 6.08 Å². The zero-order chi connectivity index (χ0) is 11.2. The van der Waals surface area contributed by atoms with Gasteiger partial charge in [-0.15, -0.1) is 0 Å². The molecule has 0 aromatic heterocycles. The lowest BCUT2D eigenvalue weighted by atomic mass is 9.64. The third-order valence-corrected chi connectivity index (χ3v) is 3.73. The van der Waals surface area contributed by atoms with Crippen molar-refractivity contribution in [1.29, 1.82) is 0 Å². The smallest absolute Gasteiger partial charge is 0.162 e. The molecule has 15 heavy (non-hydrogen) atoms. The fraction of sp³-hybridized carbons (Fsp3) is 0.500. The lowest BCUT2D eigenvalue weighted by Crippen LogP contribution is -2.36. The monoisotopic (exact) mass is 202 g/mol. The van der Waals surface area contributed by atoms with Crippen LogP contribution in [0.1, 0.15) is 27.7 Å². The first-order valence-corrected chi connectivity index (χ1v) is 5.52. The van der Waals surface area contributed by atoms with Crippen molar-refractivity contribution in [2.75, 3.05) is 0 Å². The van der Waals surface area contributed by atoms with Crippen LogP contribution < -0.4 is 0 Å². The summed E-state index contributed by atoms with van der Waals surface area (Å²) in [4.78, 5) is 11.8. The van der Waals surface area contributed by atoms with Crippen LogP contribution in [0.4, 0.5) is 0 Å². The Morgan fingerprint density at radius 2 is 1.73 bits per heavy atom. The topological polar surface area (TPSA) is 17.1 Å². The van der Waals surface area contributed by atoms with Gasteiger partial charge in [0.1, 0.15) is 0 Å². The van der Waals surface area contributed by atoms with E-state index in [-0.39, 0.29) is 17.1 Å². The number of ketones is 1. The lowest BCUT2D eigenvalue weighted by molar-refractivity contribution is -0.119. The number of hydrogen-bond donors (Lipinski definition) is 0. The van der Waals surface area contributed by atoms with Crippen molar-refractivity contribution in [2.24, 2.45) is 17.3 Å². The van der Waals surface area contributed by atoms with E-state index in [4.69, 9.17) is 0 Å². The standard InChI is InChI=1S/C14H18O/c1-9-7-11-12(8-10(9)2)14(3,4)6-5-13(11)15/h5-8,11-12H,1-4H3. The first-order chi connectivity index (χ1) is 6.92. The molecule has 2 rings (SSSR count). The minimum absolute atomic E-state index is 0.0636. The van der Waals surface area contributed by atoms with Crippen molar-refractivity contribution >= 4 is 5.78 Å². The lowest BCUT2D eigenvalue weighted by Gasteiger charge is -2.39. The summed E-state index contributed by atoms with van der Waals surface area (Å²) in [5, 5.41) is 0. The number of fused-ring (bicyclic) bond motifs is 1. The summed E-state index contributed by atoms with van der Waals surface area (Å²) in [6, 6.07) is 0. The molecule has 0 heterocycles. The summed E-state index contributed by atoms with van der Waals surface area (Å²) in [6.07, 6.45) is 8.20. The number of carbonyl (C=O) groups is 1. The highest BCUT2D eigenvalue weighted by atomic mass is 16.1. The van der Waals surface area contributed by atoms with Crippen molar-refractivity contribution in [2.45, 2.75) is 27.7 Å². The summed E-state index contributed by atoms with van der Waals surface area (Å²) >= 11 is 0. The Labute approximate surface area is 91.6 Å². The van der Waals surface area contributed by atoms with E-state index in [9.17, 15) is 4.79 Å². The molecular weight excluding hydrogens is 184 g/mol. The van der Waals surface area contributed by atoms with Gasteiger partial charge in [0.15, 0.2) is 5.78 Å². The van der Waals surface area contributed by atoms with Crippen molar-refractivity contribution in [3.8, 4) is 0 Å². The molecule has 1 heteroatoms. The van der Waals surface area contributed by atoms with E-state index in [0.717, 1.165) is 0 Å². The molecule has 0 bridgehead atoms. The maximum absolute atomic E-state index is 11.8. The molecule has 0 N–H and O–H groups in total. The Balaban J connectivity index is 2.48. The largest absolute Gasteiger partial charge is 0.294 e. The molecule has 2 aliphatic rings. The minimum Gasteiger partial charge on any atom is -0.294 e. The zero-order valence-corrected chi connectivity index (χ0v) is 9.87. The minimum atomic E-state index is 0.0636. The first-order valence-electron chi connectivity index (χ1n) is 5.52. The van der Waals surface area contributed by atoms with E-state index in [0.29, 0.717) is 5.92 Å². The van der Waals surface area contributed by atoms with Crippen LogP contribution in [0.2, 0.25) is 0 Å². The predicted molar refractivity (Wildman–Crippen MR) is 62.4 cm³/mol. The quantitative estimate of drug-likeness (QED) is 0.589. The Morgan fingerprint density at radius 3 is 2.40 bits per heavy atom. The molecule has 0 spiro atoms. The number of hydrogen-bond acceptors (Lipinski definition) is 1. The highest BCUT2D eigenvalue weighted by Crippen LogP contribution is 2.43. The molecule has 0 aliphatic heterocycles. The maximum atomic E-state index is 11.8. The summed E-state index contributed by atoms with van der Waals surface area (Å²) in [6.45, 7) is 8.61. The van der Waals surface area contributed by atoms with Crippen LogP contribution in [-0.4, -0.2) is 5.78 Å². The van der Waals surface area contributed by atoms with Crippen molar-refractivity contribution in [1.82, 2.24) is 0 Å². The summed E-state index contributed by atoms with van der Waals surface area (Å²) < 4.78 is 0. The van der Waals surface area contributed by atoms with Crippen LogP contribution >= 0.6 is 0 Å². The van der Waals surface area contributed by atoms with Gasteiger partial charge < -0.3 is 0 Å². The molecule has 1 nitrogen and oxygen atoms in total. The Bertz CT molecular complexity index is 394. The van der Waals surface area contributed by atoms with Crippen molar-refractivity contribution < 1.29 is 4.79 Å². The zero-order valence-electron chi connectivity index (χ0n) is 9.87. The van der Waals surface area contributed by atoms with Gasteiger partial charge in [-0.25, -0.2) is 0 Å². The van der Waals surface area contributed by atoms with Crippen LogP contribution in [0.15, 0.2) is 35.5 Å². The van der Waals surface area contributed by atoms with E-state index < -0.39 is 0 Å². The molecule has 80 valence electrons. The average Bonchev–Trinajstić information content (AvgIpc) is 2.16. The molecule has 0 saturated heterocycles. The van der Waals surface area contributed by atoms with Gasteiger partial charge in [-0.05, 0) is 31.3 Å². The van der Waals surface area contributed by atoms with Gasteiger partial charge in [0.2, 0.25) is 0 Å². The van der Waals surface area contributed by atoms with Gasteiger partial charge in [0.25, 0.3) is 0 Å². The van der Waals surface area contributed by atoms with Crippen LogP contribution in [-0.2, 0) is 4.79 Å². The molecule has 0 aromatic carbocycles. The second-order valence-corrected chi connectivity index (χ2v) is 5.31.